The lowest BCUT2D eigenvalue weighted by Gasteiger charge is -2.12. The van der Waals surface area contributed by atoms with Crippen molar-refractivity contribution in [1.29, 1.82) is 0 Å². The maximum Gasteiger partial charge on any atom is 0.242 e. The molecule has 0 amide bonds. The molecular formula is C13H22N2O3S. The number of anilines is 1. The molecule has 0 aliphatic heterocycles. The molecule has 0 saturated heterocycles. The molecule has 0 spiro atoms. The monoisotopic (exact) mass is 286 g/mol. The molecule has 0 aliphatic rings. The molecule has 0 fully saturated rings. The number of aliphatic hydroxyl groups is 1. The van der Waals surface area contributed by atoms with Crippen molar-refractivity contribution in [3.05, 3.63) is 23.3 Å². The summed E-state index contributed by atoms with van der Waals surface area (Å²) in [5.41, 5.74) is 7.88. The van der Waals surface area contributed by atoms with Crippen LogP contribution in [0.5, 0.6) is 0 Å². The van der Waals surface area contributed by atoms with Crippen LogP contribution in [-0.4, -0.2) is 26.2 Å². The Hall–Kier alpha value is -1.11. The summed E-state index contributed by atoms with van der Waals surface area (Å²) < 4.78 is 26.7. The second-order valence-electron chi connectivity index (χ2n) is 4.86. The second-order valence-corrected chi connectivity index (χ2v) is 6.60. The fourth-order valence-corrected chi connectivity index (χ4v) is 3.00. The van der Waals surface area contributed by atoms with Crippen molar-refractivity contribution in [1.82, 2.24) is 4.72 Å². The van der Waals surface area contributed by atoms with Gasteiger partial charge in [0.15, 0.2) is 0 Å². The van der Waals surface area contributed by atoms with E-state index in [0.29, 0.717) is 19.4 Å². The van der Waals surface area contributed by atoms with Crippen LogP contribution in [0.1, 0.15) is 30.9 Å². The molecule has 1 unspecified atom stereocenters. The van der Waals surface area contributed by atoms with Crippen molar-refractivity contribution >= 4 is 15.7 Å². The minimum Gasteiger partial charge on any atom is -0.398 e. The first-order valence-electron chi connectivity index (χ1n) is 6.28. The summed E-state index contributed by atoms with van der Waals surface area (Å²) in [6.45, 7) is 5.70. The molecular weight excluding hydrogens is 264 g/mol. The van der Waals surface area contributed by atoms with E-state index in [1.807, 2.05) is 13.8 Å². The number of hydrogen-bond acceptors (Lipinski definition) is 4. The normalized spacial score (nSPS) is 13.5. The number of hydrogen-bond donors (Lipinski definition) is 3. The Morgan fingerprint density at radius 3 is 2.47 bits per heavy atom. The highest BCUT2D eigenvalue weighted by molar-refractivity contribution is 7.89. The van der Waals surface area contributed by atoms with Crippen LogP contribution in [0.3, 0.4) is 0 Å². The largest absolute Gasteiger partial charge is 0.398 e. The molecule has 1 rings (SSSR count). The van der Waals surface area contributed by atoms with Crippen LogP contribution in [0.25, 0.3) is 0 Å². The van der Waals surface area contributed by atoms with Gasteiger partial charge >= 0.3 is 0 Å². The molecule has 0 aromatic heterocycles. The molecule has 19 heavy (non-hydrogen) atoms. The van der Waals surface area contributed by atoms with Crippen LogP contribution in [0, 0.1) is 13.8 Å². The van der Waals surface area contributed by atoms with Gasteiger partial charge < -0.3 is 10.8 Å². The third-order valence-corrected chi connectivity index (χ3v) is 4.52. The van der Waals surface area contributed by atoms with Crippen LogP contribution < -0.4 is 10.5 Å². The molecule has 4 N–H and O–H groups in total. The van der Waals surface area contributed by atoms with E-state index in [1.165, 1.54) is 0 Å². The molecule has 0 aliphatic carbocycles. The fourth-order valence-electron chi connectivity index (χ4n) is 1.73. The summed E-state index contributed by atoms with van der Waals surface area (Å²) in [5.74, 6) is 0. The summed E-state index contributed by atoms with van der Waals surface area (Å²) in [5, 5.41) is 9.11. The van der Waals surface area contributed by atoms with Crippen LogP contribution in [0.4, 0.5) is 5.69 Å². The summed E-state index contributed by atoms with van der Waals surface area (Å²) in [7, 11) is -3.58. The quantitative estimate of drug-likeness (QED) is 0.543. The maximum atomic E-state index is 12.1. The van der Waals surface area contributed by atoms with E-state index in [1.54, 1.807) is 19.1 Å². The molecule has 1 aromatic rings. The van der Waals surface area contributed by atoms with Gasteiger partial charge in [0, 0.05) is 6.54 Å². The lowest BCUT2D eigenvalue weighted by atomic mass is 10.1. The number of benzene rings is 1. The first-order valence-corrected chi connectivity index (χ1v) is 7.77. The predicted molar refractivity (Wildman–Crippen MR) is 76.4 cm³/mol. The highest BCUT2D eigenvalue weighted by Gasteiger charge is 2.17. The summed E-state index contributed by atoms with van der Waals surface area (Å²) in [6, 6.07) is 3.25. The lowest BCUT2D eigenvalue weighted by molar-refractivity contribution is 0.182. The molecule has 6 heteroatoms. The zero-order chi connectivity index (χ0) is 14.6. The molecule has 1 atom stereocenters. The van der Waals surface area contributed by atoms with E-state index < -0.39 is 16.1 Å². The van der Waals surface area contributed by atoms with Gasteiger partial charge in [-0.25, -0.2) is 13.1 Å². The number of sulfonamides is 1. The second kappa shape index (κ2) is 6.36. The molecule has 108 valence electrons. The van der Waals surface area contributed by atoms with Crippen molar-refractivity contribution < 1.29 is 13.5 Å². The first-order chi connectivity index (χ1) is 8.74. The standard InChI is InChI=1S/C13H22N2O3S/c1-9-7-12(14)13(8-10(9)2)19(17,18)15-6-4-5-11(3)16/h7-8,11,15-16H,4-6,14H2,1-3H3. The zero-order valence-corrected chi connectivity index (χ0v) is 12.4. The number of nitrogens with one attached hydrogen (secondary N) is 1. The number of nitrogen functional groups attached to an aromatic ring is 1. The first kappa shape index (κ1) is 15.9. The Morgan fingerprint density at radius 2 is 1.89 bits per heavy atom. The van der Waals surface area contributed by atoms with Gasteiger partial charge in [-0.1, -0.05) is 0 Å². The number of nitrogens with two attached hydrogens (primary N) is 1. The maximum absolute atomic E-state index is 12.1. The fraction of sp³-hybridized carbons (Fsp3) is 0.538. The third-order valence-electron chi connectivity index (χ3n) is 3.01. The van der Waals surface area contributed by atoms with Crippen LogP contribution >= 0.6 is 0 Å². The van der Waals surface area contributed by atoms with Gasteiger partial charge in [-0.05, 0) is 56.9 Å². The van der Waals surface area contributed by atoms with Gasteiger partial charge in [0.25, 0.3) is 0 Å². The van der Waals surface area contributed by atoms with E-state index in [-0.39, 0.29) is 10.6 Å². The highest BCUT2D eigenvalue weighted by Crippen LogP contribution is 2.22. The van der Waals surface area contributed by atoms with Gasteiger partial charge in [0.2, 0.25) is 10.0 Å². The van der Waals surface area contributed by atoms with Crippen LogP contribution in [-0.2, 0) is 10.0 Å². The van der Waals surface area contributed by atoms with E-state index in [9.17, 15) is 8.42 Å². The molecule has 5 nitrogen and oxygen atoms in total. The molecule has 1 aromatic carbocycles. The Morgan fingerprint density at radius 1 is 1.32 bits per heavy atom. The third kappa shape index (κ3) is 4.49. The van der Waals surface area contributed by atoms with Crippen molar-refractivity contribution in [2.24, 2.45) is 0 Å². The SMILES string of the molecule is Cc1cc(N)c(S(=O)(=O)NCCCC(C)O)cc1C. The molecule has 0 radical (unpaired) electrons. The Balaban J connectivity index is 2.80. The predicted octanol–water partition coefficient (Wildman–Crippen LogP) is 1.32. The number of aliphatic hydroxyl groups excluding tert-OH is 1. The van der Waals surface area contributed by atoms with Crippen LogP contribution in [0.15, 0.2) is 17.0 Å². The average molecular weight is 286 g/mol. The van der Waals surface area contributed by atoms with Gasteiger partial charge in [0.1, 0.15) is 4.90 Å². The van der Waals surface area contributed by atoms with Gasteiger partial charge in [-0.2, -0.15) is 0 Å². The van der Waals surface area contributed by atoms with Crippen molar-refractivity contribution in [3.8, 4) is 0 Å². The number of rotatable bonds is 6. The van der Waals surface area contributed by atoms with E-state index in [4.69, 9.17) is 10.8 Å². The summed E-state index contributed by atoms with van der Waals surface area (Å²) in [4.78, 5) is 0.118. The van der Waals surface area contributed by atoms with Gasteiger partial charge in [-0.15, -0.1) is 0 Å². The lowest BCUT2D eigenvalue weighted by Crippen LogP contribution is -2.26. The van der Waals surface area contributed by atoms with Gasteiger partial charge in [0.05, 0.1) is 11.8 Å². The Bertz CT molecular complexity index is 539. The summed E-state index contributed by atoms with van der Waals surface area (Å²) in [6.07, 6.45) is 0.725. The smallest absolute Gasteiger partial charge is 0.242 e. The minimum atomic E-state index is -3.58. The molecule has 0 saturated carbocycles. The average Bonchev–Trinajstić information content (AvgIpc) is 2.29. The minimum absolute atomic E-state index is 0.118. The van der Waals surface area contributed by atoms with E-state index in [2.05, 4.69) is 4.72 Å². The highest BCUT2D eigenvalue weighted by atomic mass is 32.2. The van der Waals surface area contributed by atoms with Crippen molar-refractivity contribution in [3.63, 3.8) is 0 Å². The van der Waals surface area contributed by atoms with Gasteiger partial charge in [-0.3, -0.25) is 0 Å². The van der Waals surface area contributed by atoms with Crippen molar-refractivity contribution in [2.75, 3.05) is 12.3 Å². The Labute approximate surface area is 114 Å². The van der Waals surface area contributed by atoms with Crippen LogP contribution in [0.2, 0.25) is 0 Å². The Kier molecular flexibility index (Phi) is 5.34. The topological polar surface area (TPSA) is 92.4 Å². The molecule has 0 bridgehead atoms. The zero-order valence-electron chi connectivity index (χ0n) is 11.6. The molecule has 0 heterocycles. The van der Waals surface area contributed by atoms with E-state index >= 15 is 0 Å². The van der Waals surface area contributed by atoms with E-state index in [0.717, 1.165) is 11.1 Å². The number of aryl methyl sites for hydroxylation is 2. The van der Waals surface area contributed by atoms with Crippen molar-refractivity contribution in [2.45, 2.75) is 44.6 Å². The summed E-state index contributed by atoms with van der Waals surface area (Å²) >= 11 is 0.